The van der Waals surface area contributed by atoms with Gasteiger partial charge in [0.15, 0.2) is 0 Å². The Hall–Kier alpha value is -0.575. The summed E-state index contributed by atoms with van der Waals surface area (Å²) in [6.45, 7) is 0.288. The zero-order chi connectivity index (χ0) is 8.72. The first-order valence-corrected chi connectivity index (χ1v) is 3.84. The summed E-state index contributed by atoms with van der Waals surface area (Å²) in [5.74, 6) is -0.528. The highest BCUT2D eigenvalue weighted by Crippen LogP contribution is 2.18. The molecule has 0 saturated heterocycles. The van der Waals surface area contributed by atoms with Gasteiger partial charge in [0.25, 0.3) is 0 Å². The van der Waals surface area contributed by atoms with E-state index in [0.29, 0.717) is 5.46 Å². The van der Waals surface area contributed by atoms with Crippen LogP contribution >= 0.6 is 11.6 Å². The van der Waals surface area contributed by atoms with Crippen LogP contribution in [0, 0.1) is 5.82 Å². The van der Waals surface area contributed by atoms with Crippen molar-refractivity contribution in [3.05, 3.63) is 28.5 Å². The van der Waals surface area contributed by atoms with E-state index in [1.165, 1.54) is 12.1 Å². The summed E-state index contributed by atoms with van der Waals surface area (Å²) < 4.78 is 17.7. The molecule has 0 saturated carbocycles. The lowest BCUT2D eigenvalue weighted by atomic mass is 9.79. The maximum Gasteiger partial charge on any atom is 0.491 e. The molecule has 0 amide bonds. The van der Waals surface area contributed by atoms with Gasteiger partial charge in [-0.25, -0.2) is 4.39 Å². The van der Waals surface area contributed by atoms with Crippen molar-refractivity contribution in [2.75, 3.05) is 0 Å². The molecule has 1 aliphatic rings. The molecule has 2 rings (SSSR count). The number of halogens is 2. The van der Waals surface area contributed by atoms with Crippen molar-refractivity contribution < 1.29 is 14.1 Å². The van der Waals surface area contributed by atoms with Gasteiger partial charge in [0, 0.05) is 0 Å². The second kappa shape index (κ2) is 2.73. The van der Waals surface area contributed by atoms with Crippen LogP contribution in [0.4, 0.5) is 4.39 Å². The molecule has 0 aromatic heterocycles. The molecule has 0 radical (unpaired) electrons. The van der Waals surface area contributed by atoms with Gasteiger partial charge in [0.1, 0.15) is 5.82 Å². The molecule has 0 atom stereocenters. The third-order valence-electron chi connectivity index (χ3n) is 1.84. The summed E-state index contributed by atoms with van der Waals surface area (Å²) in [5, 5.41) is 9.23. The lowest BCUT2D eigenvalue weighted by molar-refractivity contribution is 0.275. The van der Waals surface area contributed by atoms with Crippen molar-refractivity contribution in [2.24, 2.45) is 0 Å². The summed E-state index contributed by atoms with van der Waals surface area (Å²) in [6.07, 6.45) is 0. The minimum atomic E-state index is -1.01. The molecular weight excluding hydrogens is 181 g/mol. The monoisotopic (exact) mass is 186 g/mol. The average molecular weight is 186 g/mol. The molecule has 0 fully saturated rings. The van der Waals surface area contributed by atoms with Crippen molar-refractivity contribution in [3.63, 3.8) is 0 Å². The number of hydrogen-bond donors (Lipinski definition) is 1. The standard InChI is InChI=1S/C7H5BClFO2/c9-6-1-4-3-12-8(11)5(4)2-7(6)10/h1-2,11H,3H2. The van der Waals surface area contributed by atoms with Crippen LogP contribution in [0.25, 0.3) is 0 Å². The van der Waals surface area contributed by atoms with Crippen LogP contribution in [-0.2, 0) is 11.3 Å². The minimum absolute atomic E-state index is 0.0615. The second-order valence-electron chi connectivity index (χ2n) is 2.63. The maximum absolute atomic E-state index is 12.8. The van der Waals surface area contributed by atoms with Crippen molar-refractivity contribution >= 4 is 24.2 Å². The van der Waals surface area contributed by atoms with Crippen LogP contribution in [0.5, 0.6) is 0 Å². The van der Waals surface area contributed by atoms with E-state index in [1.807, 2.05) is 0 Å². The molecular formula is C7H5BClFO2. The van der Waals surface area contributed by atoms with Gasteiger partial charge >= 0.3 is 7.12 Å². The predicted octanol–water partition coefficient (Wildman–Crippen LogP) is 0.697. The van der Waals surface area contributed by atoms with Gasteiger partial charge in [-0.05, 0) is 23.2 Å². The van der Waals surface area contributed by atoms with Gasteiger partial charge in [0.05, 0.1) is 11.6 Å². The summed E-state index contributed by atoms with van der Waals surface area (Å²) >= 11 is 5.53. The van der Waals surface area contributed by atoms with Crippen LogP contribution in [0.1, 0.15) is 5.56 Å². The molecule has 0 bridgehead atoms. The molecule has 0 spiro atoms. The first-order chi connectivity index (χ1) is 5.68. The van der Waals surface area contributed by atoms with E-state index in [2.05, 4.69) is 0 Å². The van der Waals surface area contributed by atoms with E-state index in [1.54, 1.807) is 0 Å². The molecule has 5 heteroatoms. The molecule has 1 heterocycles. The van der Waals surface area contributed by atoms with E-state index >= 15 is 0 Å². The Kier molecular flexibility index (Phi) is 1.83. The average Bonchev–Trinajstić information content (AvgIpc) is 2.35. The minimum Gasteiger partial charge on any atom is -0.423 e. The molecule has 2 nitrogen and oxygen atoms in total. The molecule has 1 N–H and O–H groups in total. The largest absolute Gasteiger partial charge is 0.491 e. The summed E-state index contributed by atoms with van der Waals surface area (Å²) in [5.41, 5.74) is 1.21. The zero-order valence-electron chi connectivity index (χ0n) is 6.05. The van der Waals surface area contributed by atoms with Gasteiger partial charge in [-0.2, -0.15) is 0 Å². The highest BCUT2D eigenvalue weighted by atomic mass is 35.5. The smallest absolute Gasteiger partial charge is 0.423 e. The fourth-order valence-electron chi connectivity index (χ4n) is 1.22. The highest BCUT2D eigenvalue weighted by molar-refractivity contribution is 6.61. The van der Waals surface area contributed by atoms with Gasteiger partial charge < -0.3 is 9.68 Å². The van der Waals surface area contributed by atoms with Crippen LogP contribution < -0.4 is 5.46 Å². The fourth-order valence-corrected chi connectivity index (χ4v) is 1.40. The molecule has 1 aliphatic heterocycles. The molecule has 1 aromatic rings. The fraction of sp³-hybridized carbons (Fsp3) is 0.143. The van der Waals surface area contributed by atoms with Gasteiger partial charge in [0.2, 0.25) is 0 Å². The Balaban J connectivity index is 2.56. The lowest BCUT2D eigenvalue weighted by Crippen LogP contribution is -2.28. The Morgan fingerprint density at radius 3 is 3.08 bits per heavy atom. The van der Waals surface area contributed by atoms with E-state index in [-0.39, 0.29) is 11.6 Å². The topological polar surface area (TPSA) is 29.5 Å². The van der Waals surface area contributed by atoms with Crippen molar-refractivity contribution in [3.8, 4) is 0 Å². The maximum atomic E-state index is 12.8. The number of rotatable bonds is 0. The van der Waals surface area contributed by atoms with Crippen molar-refractivity contribution in [1.29, 1.82) is 0 Å². The number of fused-ring (bicyclic) bond motifs is 1. The van der Waals surface area contributed by atoms with Crippen LogP contribution in [0.15, 0.2) is 12.1 Å². The summed E-state index contributed by atoms with van der Waals surface area (Å²) in [4.78, 5) is 0. The molecule has 0 aliphatic carbocycles. The molecule has 1 aromatic carbocycles. The quantitative estimate of drug-likeness (QED) is 0.604. The third-order valence-corrected chi connectivity index (χ3v) is 2.13. The van der Waals surface area contributed by atoms with Crippen molar-refractivity contribution in [1.82, 2.24) is 0 Å². The van der Waals surface area contributed by atoms with Crippen LogP contribution in [0.2, 0.25) is 5.02 Å². The Labute approximate surface area is 74.1 Å². The number of hydrogen-bond acceptors (Lipinski definition) is 2. The van der Waals surface area contributed by atoms with E-state index in [9.17, 15) is 4.39 Å². The third kappa shape index (κ3) is 1.12. The normalized spacial score (nSPS) is 15.1. The van der Waals surface area contributed by atoms with Gasteiger partial charge in [-0.15, -0.1) is 0 Å². The second-order valence-corrected chi connectivity index (χ2v) is 3.04. The van der Waals surface area contributed by atoms with Gasteiger partial charge in [-0.3, -0.25) is 0 Å². The van der Waals surface area contributed by atoms with Crippen LogP contribution in [0.3, 0.4) is 0 Å². The zero-order valence-corrected chi connectivity index (χ0v) is 6.81. The SMILES string of the molecule is OB1OCc2cc(Cl)c(F)cc21. The Bertz CT molecular complexity index is 331. The lowest BCUT2D eigenvalue weighted by Gasteiger charge is -1.99. The summed E-state index contributed by atoms with van der Waals surface area (Å²) in [6, 6.07) is 2.68. The molecule has 12 heavy (non-hydrogen) atoms. The van der Waals surface area contributed by atoms with E-state index in [0.717, 1.165) is 5.56 Å². The Morgan fingerprint density at radius 1 is 1.58 bits per heavy atom. The van der Waals surface area contributed by atoms with E-state index < -0.39 is 12.9 Å². The first-order valence-electron chi connectivity index (χ1n) is 3.46. The molecule has 62 valence electrons. The molecule has 0 unspecified atom stereocenters. The summed E-state index contributed by atoms with van der Waals surface area (Å²) in [7, 11) is -1.01. The predicted molar refractivity (Wildman–Crippen MR) is 43.8 cm³/mol. The van der Waals surface area contributed by atoms with Gasteiger partial charge in [-0.1, -0.05) is 11.6 Å². The van der Waals surface area contributed by atoms with E-state index in [4.69, 9.17) is 21.3 Å². The highest BCUT2D eigenvalue weighted by Gasteiger charge is 2.28. The Morgan fingerprint density at radius 2 is 2.33 bits per heavy atom. The van der Waals surface area contributed by atoms with Crippen molar-refractivity contribution in [2.45, 2.75) is 6.61 Å². The first kappa shape index (κ1) is 8.04. The van der Waals surface area contributed by atoms with Crippen LogP contribution in [-0.4, -0.2) is 12.1 Å². The number of benzene rings is 1.